The molecule has 2 heterocycles. The predicted molar refractivity (Wildman–Crippen MR) is 147 cm³/mol. The Bertz CT molecular complexity index is 1340. The van der Waals surface area contributed by atoms with Crippen molar-refractivity contribution in [2.75, 3.05) is 6.26 Å². The van der Waals surface area contributed by atoms with E-state index in [-0.39, 0.29) is 53.9 Å². The number of hydrogen-bond donors (Lipinski definition) is 3. The highest BCUT2D eigenvalue weighted by atomic mass is 35.5. The highest BCUT2D eigenvalue weighted by Crippen LogP contribution is 2.51. The van der Waals surface area contributed by atoms with Crippen molar-refractivity contribution in [2.45, 2.75) is 94.5 Å². The zero-order valence-electron chi connectivity index (χ0n) is 22.5. The zero-order chi connectivity index (χ0) is 28.1. The number of thioether (sulfide) groups is 1. The van der Waals surface area contributed by atoms with Crippen molar-refractivity contribution in [1.82, 2.24) is 15.6 Å². The van der Waals surface area contributed by atoms with Gasteiger partial charge < -0.3 is 25.1 Å². The highest BCUT2D eigenvalue weighted by molar-refractivity contribution is 7.98. The highest BCUT2D eigenvalue weighted by Gasteiger charge is 2.49. The van der Waals surface area contributed by atoms with Gasteiger partial charge >= 0.3 is 0 Å². The van der Waals surface area contributed by atoms with Crippen LogP contribution in [0.15, 0.2) is 21.8 Å². The number of alkyl halides is 2. The van der Waals surface area contributed by atoms with Crippen LogP contribution in [0.3, 0.4) is 0 Å². The fourth-order valence-corrected chi connectivity index (χ4v) is 6.88. The number of aryl methyl sites for hydroxylation is 1. The number of carbonyl (C=O) groups is 1. The first-order valence-electron chi connectivity index (χ1n) is 13.3. The SMILES string of the molecule is CSc1cc(C)[nH]c(=O)c1CNC(=O)c1cc(Cl)c2c(c1C)OC(C)(C1CCC(NC3CC(F)(F)C3)CC1)O2. The summed E-state index contributed by atoms with van der Waals surface area (Å²) in [5.41, 5.74) is 1.99. The van der Waals surface area contributed by atoms with Crippen LogP contribution in [0, 0.1) is 19.8 Å². The van der Waals surface area contributed by atoms with Crippen LogP contribution < -0.4 is 25.7 Å². The molecule has 0 spiro atoms. The number of ether oxygens (including phenoxy) is 2. The number of pyridine rings is 1. The summed E-state index contributed by atoms with van der Waals surface area (Å²) < 4.78 is 39.0. The summed E-state index contributed by atoms with van der Waals surface area (Å²) in [4.78, 5) is 29.2. The Labute approximate surface area is 235 Å². The average Bonchev–Trinajstić information content (AvgIpc) is 3.24. The number of aromatic amines is 1. The van der Waals surface area contributed by atoms with Gasteiger partial charge in [0.15, 0.2) is 11.5 Å². The molecule has 2 fully saturated rings. The predicted octanol–water partition coefficient (Wildman–Crippen LogP) is 5.73. The minimum absolute atomic E-state index is 0.0730. The van der Waals surface area contributed by atoms with Gasteiger partial charge in [0.1, 0.15) is 0 Å². The van der Waals surface area contributed by atoms with Crippen LogP contribution in [-0.4, -0.2) is 40.9 Å². The lowest BCUT2D eigenvalue weighted by molar-refractivity contribution is -0.123. The van der Waals surface area contributed by atoms with Gasteiger partial charge in [0.05, 0.1) is 5.02 Å². The maximum atomic E-state index is 13.2. The van der Waals surface area contributed by atoms with Crippen LogP contribution in [0.25, 0.3) is 0 Å². The van der Waals surface area contributed by atoms with Gasteiger partial charge in [-0.25, -0.2) is 8.78 Å². The molecular formula is C28H34ClF2N3O4S. The fourth-order valence-electron chi connectivity index (χ4n) is 5.94. The molecule has 0 bridgehead atoms. The lowest BCUT2D eigenvalue weighted by Crippen LogP contribution is -2.53. The molecule has 1 aromatic heterocycles. The third kappa shape index (κ3) is 5.65. The smallest absolute Gasteiger partial charge is 0.254 e. The number of fused-ring (bicyclic) bond motifs is 1. The van der Waals surface area contributed by atoms with Crippen LogP contribution >= 0.6 is 23.4 Å². The van der Waals surface area contributed by atoms with Crippen LogP contribution in [-0.2, 0) is 6.54 Å². The molecule has 7 nitrogen and oxygen atoms in total. The van der Waals surface area contributed by atoms with E-state index in [4.69, 9.17) is 21.1 Å². The number of carbonyl (C=O) groups excluding carboxylic acids is 1. The summed E-state index contributed by atoms with van der Waals surface area (Å²) in [6.07, 6.45) is 5.05. The first-order valence-corrected chi connectivity index (χ1v) is 14.9. The summed E-state index contributed by atoms with van der Waals surface area (Å²) in [7, 11) is 0. The van der Waals surface area contributed by atoms with E-state index in [9.17, 15) is 18.4 Å². The van der Waals surface area contributed by atoms with Crippen molar-refractivity contribution in [2.24, 2.45) is 5.92 Å². The van der Waals surface area contributed by atoms with E-state index in [1.54, 1.807) is 13.0 Å². The first kappa shape index (κ1) is 28.2. The lowest BCUT2D eigenvalue weighted by atomic mass is 9.79. The first-order chi connectivity index (χ1) is 18.4. The Morgan fingerprint density at radius 3 is 2.44 bits per heavy atom. The number of aromatic nitrogens is 1. The van der Waals surface area contributed by atoms with Gasteiger partial charge in [-0.2, -0.15) is 0 Å². The fraction of sp³-hybridized carbons (Fsp3) is 0.571. The quantitative estimate of drug-likeness (QED) is 0.362. The number of hydrogen-bond acceptors (Lipinski definition) is 6. The Morgan fingerprint density at radius 1 is 1.13 bits per heavy atom. The Balaban J connectivity index is 1.25. The number of rotatable bonds is 7. The molecule has 212 valence electrons. The molecule has 1 atom stereocenters. The number of amides is 1. The molecule has 1 aliphatic heterocycles. The standard InChI is InChI=1S/C28H34ClF2N3O4S/c1-14-9-22(39-4)20(26(36)33-14)13-32-25(35)19-10-21(29)24-23(15(19)2)37-27(3,38-24)16-5-7-17(8-6-16)34-18-11-28(30,31)12-18/h9-10,16-18,34H,5-8,11-13H2,1-4H3,(H,32,35)(H,33,36). The summed E-state index contributed by atoms with van der Waals surface area (Å²) in [5.74, 6) is -2.88. The third-order valence-corrected chi connectivity index (χ3v) is 9.28. The molecule has 0 saturated heterocycles. The molecule has 3 aliphatic rings. The summed E-state index contributed by atoms with van der Waals surface area (Å²) in [5, 5.41) is 6.51. The largest absolute Gasteiger partial charge is 0.448 e. The summed E-state index contributed by atoms with van der Waals surface area (Å²) >= 11 is 8.03. The van der Waals surface area contributed by atoms with E-state index in [0.29, 0.717) is 28.2 Å². The van der Waals surface area contributed by atoms with Crippen LogP contribution in [0.4, 0.5) is 8.78 Å². The Kier molecular flexibility index (Phi) is 7.67. The molecule has 39 heavy (non-hydrogen) atoms. The van der Waals surface area contributed by atoms with E-state index < -0.39 is 11.7 Å². The average molecular weight is 582 g/mol. The molecular weight excluding hydrogens is 548 g/mol. The van der Waals surface area contributed by atoms with Gasteiger partial charge in [-0.1, -0.05) is 11.6 Å². The van der Waals surface area contributed by atoms with Gasteiger partial charge in [-0.3, -0.25) is 9.59 Å². The molecule has 0 radical (unpaired) electrons. The van der Waals surface area contributed by atoms with Crippen molar-refractivity contribution < 1.29 is 23.0 Å². The maximum absolute atomic E-state index is 13.2. The van der Waals surface area contributed by atoms with Gasteiger partial charge in [0.2, 0.25) is 0 Å². The number of H-pyrrole nitrogens is 1. The second kappa shape index (κ2) is 10.6. The zero-order valence-corrected chi connectivity index (χ0v) is 24.1. The number of nitrogens with one attached hydrogen (secondary N) is 3. The normalized spacial score (nSPS) is 25.8. The van der Waals surface area contributed by atoms with Gasteiger partial charge in [0.25, 0.3) is 23.2 Å². The summed E-state index contributed by atoms with van der Waals surface area (Å²) in [6.45, 7) is 5.57. The molecule has 1 aromatic carbocycles. The molecule has 3 N–H and O–H groups in total. The minimum atomic E-state index is -2.53. The second-order valence-electron chi connectivity index (χ2n) is 11.1. The van der Waals surface area contributed by atoms with E-state index >= 15 is 0 Å². The summed E-state index contributed by atoms with van der Waals surface area (Å²) in [6, 6.07) is 3.56. The van der Waals surface area contributed by atoms with Crippen LogP contribution in [0.5, 0.6) is 11.5 Å². The molecule has 2 saturated carbocycles. The molecule has 2 aliphatic carbocycles. The topological polar surface area (TPSA) is 92.5 Å². The maximum Gasteiger partial charge on any atom is 0.254 e. The number of halogens is 3. The van der Waals surface area contributed by atoms with E-state index in [1.807, 2.05) is 26.2 Å². The molecule has 5 rings (SSSR count). The number of benzene rings is 1. The van der Waals surface area contributed by atoms with Crippen molar-refractivity contribution in [3.05, 3.63) is 49.9 Å². The molecule has 11 heteroatoms. The Morgan fingerprint density at radius 2 is 1.79 bits per heavy atom. The second-order valence-corrected chi connectivity index (χ2v) is 12.4. The molecule has 1 amide bonds. The van der Waals surface area contributed by atoms with Crippen molar-refractivity contribution in [3.63, 3.8) is 0 Å². The van der Waals surface area contributed by atoms with Gasteiger partial charge in [-0.15, -0.1) is 11.8 Å². The minimum Gasteiger partial charge on any atom is -0.448 e. The van der Waals surface area contributed by atoms with Gasteiger partial charge in [0, 0.05) is 71.6 Å². The Hall–Kier alpha value is -2.30. The van der Waals surface area contributed by atoms with Gasteiger partial charge in [-0.05, 0) is 57.9 Å². The van der Waals surface area contributed by atoms with Crippen molar-refractivity contribution in [1.29, 1.82) is 0 Å². The van der Waals surface area contributed by atoms with E-state index in [0.717, 1.165) is 36.3 Å². The van der Waals surface area contributed by atoms with Crippen LogP contribution in [0.2, 0.25) is 5.02 Å². The van der Waals surface area contributed by atoms with Crippen molar-refractivity contribution in [3.8, 4) is 11.5 Å². The monoisotopic (exact) mass is 581 g/mol. The van der Waals surface area contributed by atoms with E-state index in [2.05, 4.69) is 15.6 Å². The van der Waals surface area contributed by atoms with E-state index in [1.165, 1.54) is 11.8 Å². The molecule has 1 unspecified atom stereocenters. The van der Waals surface area contributed by atoms with Crippen molar-refractivity contribution >= 4 is 29.3 Å². The third-order valence-electron chi connectivity index (χ3n) is 8.20. The lowest BCUT2D eigenvalue weighted by Gasteiger charge is -2.41. The van der Waals surface area contributed by atoms with Crippen LogP contribution in [0.1, 0.15) is 72.6 Å². The molecule has 2 aromatic rings.